The van der Waals surface area contributed by atoms with Crippen LogP contribution < -0.4 is 0 Å². The van der Waals surface area contributed by atoms with E-state index in [-0.39, 0.29) is 5.92 Å². The van der Waals surface area contributed by atoms with E-state index in [1.54, 1.807) is 0 Å². The number of aliphatic carboxylic acids is 1. The number of ether oxygens (including phenoxy) is 2. The van der Waals surface area contributed by atoms with Crippen LogP contribution >= 0.6 is 0 Å². The van der Waals surface area contributed by atoms with E-state index in [0.717, 1.165) is 12.8 Å². The smallest absolute Gasteiger partial charge is 0.331 e. The summed E-state index contributed by atoms with van der Waals surface area (Å²) in [5, 5.41) is 9.00. The van der Waals surface area contributed by atoms with E-state index in [0.29, 0.717) is 24.7 Å². The summed E-state index contributed by atoms with van der Waals surface area (Å²) in [7, 11) is 0. The summed E-state index contributed by atoms with van der Waals surface area (Å²) in [5.41, 5.74) is 0.489. The number of carbonyl (C=O) groups is 1. The first-order valence-corrected chi connectivity index (χ1v) is 4.94. The van der Waals surface area contributed by atoms with Gasteiger partial charge in [0.25, 0.3) is 0 Å². The zero-order valence-corrected chi connectivity index (χ0v) is 7.73. The molecule has 1 N–H and O–H groups in total. The first-order chi connectivity index (χ1) is 6.71. The molecule has 14 heavy (non-hydrogen) atoms. The molecular weight excluding hydrogens is 184 g/mol. The van der Waals surface area contributed by atoms with Crippen LogP contribution in [0.3, 0.4) is 0 Å². The molecule has 76 valence electrons. The van der Waals surface area contributed by atoms with Gasteiger partial charge in [-0.1, -0.05) is 6.08 Å². The highest BCUT2D eigenvalue weighted by Gasteiger charge is 2.57. The van der Waals surface area contributed by atoms with Crippen LogP contribution in [-0.4, -0.2) is 30.1 Å². The summed E-state index contributed by atoms with van der Waals surface area (Å²) < 4.78 is 11.2. The van der Waals surface area contributed by atoms with Crippen LogP contribution in [-0.2, 0) is 14.3 Å². The Kier molecular flexibility index (Phi) is 1.56. The van der Waals surface area contributed by atoms with Gasteiger partial charge >= 0.3 is 5.97 Å². The van der Waals surface area contributed by atoms with Crippen molar-refractivity contribution in [3.8, 4) is 0 Å². The normalized spacial score (nSPS) is 37.9. The largest absolute Gasteiger partial charge is 0.478 e. The van der Waals surface area contributed by atoms with Gasteiger partial charge in [-0.2, -0.15) is 0 Å². The second kappa shape index (κ2) is 2.58. The van der Waals surface area contributed by atoms with Crippen LogP contribution in [0, 0.1) is 11.8 Å². The number of carboxylic acids is 1. The van der Waals surface area contributed by atoms with E-state index in [9.17, 15) is 4.79 Å². The SMILES string of the molecule is O=C(O)C1=CC2CC1C1(C2)OCCO1. The summed E-state index contributed by atoms with van der Waals surface area (Å²) in [6.07, 6.45) is 3.57. The molecule has 0 radical (unpaired) electrons. The molecule has 2 aliphatic carbocycles. The van der Waals surface area contributed by atoms with Gasteiger partial charge in [0.2, 0.25) is 0 Å². The standard InChI is InChI=1S/C10H12O4/c11-9(12)7-3-6-4-8(7)10(5-6)13-1-2-14-10/h3,6,8H,1-2,4-5H2,(H,11,12). The van der Waals surface area contributed by atoms with E-state index < -0.39 is 11.8 Å². The number of allylic oxidation sites excluding steroid dienone is 1. The van der Waals surface area contributed by atoms with Gasteiger partial charge in [0, 0.05) is 17.9 Å². The maximum atomic E-state index is 11.0. The van der Waals surface area contributed by atoms with Gasteiger partial charge in [-0.05, 0) is 12.3 Å². The van der Waals surface area contributed by atoms with E-state index >= 15 is 0 Å². The minimum absolute atomic E-state index is 0.0486. The molecule has 0 amide bonds. The number of rotatable bonds is 1. The molecule has 4 nitrogen and oxygen atoms in total. The van der Waals surface area contributed by atoms with Crippen molar-refractivity contribution in [3.05, 3.63) is 11.6 Å². The Labute approximate surface area is 81.5 Å². The highest BCUT2D eigenvalue weighted by molar-refractivity contribution is 5.88. The molecule has 2 unspecified atom stereocenters. The molecule has 4 heteroatoms. The first-order valence-electron chi connectivity index (χ1n) is 4.94. The van der Waals surface area contributed by atoms with Crippen molar-refractivity contribution >= 4 is 5.97 Å². The average molecular weight is 196 g/mol. The third-order valence-electron chi connectivity index (χ3n) is 3.43. The molecule has 0 aromatic rings. The lowest BCUT2D eigenvalue weighted by Gasteiger charge is -2.31. The van der Waals surface area contributed by atoms with Gasteiger partial charge < -0.3 is 14.6 Å². The van der Waals surface area contributed by atoms with Crippen molar-refractivity contribution in [1.29, 1.82) is 0 Å². The van der Waals surface area contributed by atoms with E-state index in [1.807, 2.05) is 6.08 Å². The molecule has 1 saturated carbocycles. The summed E-state index contributed by atoms with van der Waals surface area (Å²) in [6, 6.07) is 0. The molecule has 0 aromatic heterocycles. The Bertz CT molecular complexity index is 314. The lowest BCUT2D eigenvalue weighted by atomic mass is 9.92. The molecule has 1 saturated heterocycles. The highest BCUT2D eigenvalue weighted by atomic mass is 16.7. The Morgan fingerprint density at radius 3 is 2.79 bits per heavy atom. The van der Waals surface area contributed by atoms with Gasteiger partial charge in [-0.25, -0.2) is 4.79 Å². The monoisotopic (exact) mass is 196 g/mol. The van der Waals surface area contributed by atoms with E-state index in [4.69, 9.17) is 14.6 Å². The molecule has 3 aliphatic rings. The van der Waals surface area contributed by atoms with Crippen molar-refractivity contribution < 1.29 is 19.4 Å². The zero-order chi connectivity index (χ0) is 9.76. The Balaban J connectivity index is 1.95. The number of carboxylic acid groups (broad SMARTS) is 1. The predicted molar refractivity (Wildman–Crippen MR) is 46.6 cm³/mol. The maximum Gasteiger partial charge on any atom is 0.331 e. The molecule has 3 rings (SSSR count). The van der Waals surface area contributed by atoms with Gasteiger partial charge in [0.15, 0.2) is 5.79 Å². The van der Waals surface area contributed by atoms with Gasteiger partial charge in [0.1, 0.15) is 0 Å². The average Bonchev–Trinajstić information content (AvgIpc) is 2.79. The zero-order valence-electron chi connectivity index (χ0n) is 7.73. The van der Waals surface area contributed by atoms with Crippen molar-refractivity contribution in [2.45, 2.75) is 18.6 Å². The van der Waals surface area contributed by atoms with Crippen LogP contribution in [0.25, 0.3) is 0 Å². The van der Waals surface area contributed by atoms with Gasteiger partial charge in [-0.15, -0.1) is 0 Å². The molecule has 1 spiro atoms. The Morgan fingerprint density at radius 1 is 1.50 bits per heavy atom. The molecule has 1 aliphatic heterocycles. The lowest BCUT2D eigenvalue weighted by molar-refractivity contribution is -0.179. The van der Waals surface area contributed by atoms with Crippen LogP contribution in [0.4, 0.5) is 0 Å². The van der Waals surface area contributed by atoms with Crippen LogP contribution in [0.2, 0.25) is 0 Å². The minimum Gasteiger partial charge on any atom is -0.478 e. The minimum atomic E-state index is -0.823. The van der Waals surface area contributed by atoms with E-state index in [1.165, 1.54) is 0 Å². The summed E-state index contributed by atoms with van der Waals surface area (Å²) in [5.74, 6) is -1.12. The van der Waals surface area contributed by atoms with Crippen LogP contribution in [0.15, 0.2) is 11.6 Å². The summed E-state index contributed by atoms with van der Waals surface area (Å²) in [6.45, 7) is 1.19. The van der Waals surface area contributed by atoms with Crippen molar-refractivity contribution in [1.82, 2.24) is 0 Å². The number of hydrogen-bond acceptors (Lipinski definition) is 3. The van der Waals surface area contributed by atoms with Crippen molar-refractivity contribution in [2.75, 3.05) is 13.2 Å². The number of fused-ring (bicyclic) bond motifs is 3. The fraction of sp³-hybridized carbons (Fsp3) is 0.700. The van der Waals surface area contributed by atoms with Crippen LogP contribution in [0.5, 0.6) is 0 Å². The number of hydrogen-bond donors (Lipinski definition) is 1. The molecule has 2 bridgehead atoms. The second-order valence-corrected chi connectivity index (χ2v) is 4.19. The predicted octanol–water partition coefficient (Wildman–Crippen LogP) is 0.780. The quantitative estimate of drug-likeness (QED) is 0.673. The Hall–Kier alpha value is -0.870. The first kappa shape index (κ1) is 8.44. The summed E-state index contributed by atoms with van der Waals surface area (Å²) in [4.78, 5) is 11.0. The van der Waals surface area contributed by atoms with Gasteiger partial charge in [0.05, 0.1) is 13.2 Å². The molecule has 1 heterocycles. The maximum absolute atomic E-state index is 11.0. The molecular formula is C10H12O4. The fourth-order valence-corrected chi connectivity index (χ4v) is 2.94. The molecule has 2 atom stereocenters. The third-order valence-corrected chi connectivity index (χ3v) is 3.43. The van der Waals surface area contributed by atoms with Crippen LogP contribution in [0.1, 0.15) is 12.8 Å². The summed E-state index contributed by atoms with van der Waals surface area (Å²) >= 11 is 0. The lowest BCUT2D eigenvalue weighted by Crippen LogP contribution is -2.38. The fourth-order valence-electron chi connectivity index (χ4n) is 2.94. The molecule has 2 fully saturated rings. The Morgan fingerprint density at radius 2 is 2.21 bits per heavy atom. The topological polar surface area (TPSA) is 55.8 Å². The second-order valence-electron chi connectivity index (χ2n) is 4.19. The van der Waals surface area contributed by atoms with Crippen molar-refractivity contribution in [2.24, 2.45) is 11.8 Å². The highest BCUT2D eigenvalue weighted by Crippen LogP contribution is 2.53. The molecule has 0 aromatic carbocycles. The van der Waals surface area contributed by atoms with E-state index in [2.05, 4.69) is 0 Å². The van der Waals surface area contributed by atoms with Crippen molar-refractivity contribution in [3.63, 3.8) is 0 Å². The third kappa shape index (κ3) is 0.925. The van der Waals surface area contributed by atoms with Gasteiger partial charge in [-0.3, -0.25) is 0 Å².